The van der Waals surface area contributed by atoms with Crippen molar-refractivity contribution >= 4 is 33.2 Å². The summed E-state index contributed by atoms with van der Waals surface area (Å²) < 4.78 is 37.4. The van der Waals surface area contributed by atoms with E-state index in [9.17, 15) is 13.2 Å². The van der Waals surface area contributed by atoms with Crippen molar-refractivity contribution in [2.45, 2.75) is 17.9 Å². The molecule has 0 saturated heterocycles. The number of rotatable bonds is 8. The minimum absolute atomic E-state index is 0.125. The lowest BCUT2D eigenvalue weighted by Crippen LogP contribution is -2.28. The van der Waals surface area contributed by atoms with E-state index < -0.39 is 10.0 Å². The normalized spacial score (nSPS) is 12.0. The maximum absolute atomic E-state index is 12.8. The lowest BCUT2D eigenvalue weighted by Gasteiger charge is -2.20. The van der Waals surface area contributed by atoms with Gasteiger partial charge in [0, 0.05) is 17.6 Å². The molecule has 1 amide bonds. The molecule has 3 aromatic rings. The second-order valence-electron chi connectivity index (χ2n) is 7.28. The van der Waals surface area contributed by atoms with Crippen LogP contribution in [0.5, 0.6) is 11.5 Å². The third-order valence-corrected chi connectivity index (χ3v) is 7.27. The second kappa shape index (κ2) is 10.1. The van der Waals surface area contributed by atoms with Crippen LogP contribution in [0.25, 0.3) is 0 Å². The number of benzene rings is 3. The summed E-state index contributed by atoms with van der Waals surface area (Å²) in [7, 11) is 0.811. The smallest absolute Gasteiger partial charge is 0.264 e. The zero-order valence-electron chi connectivity index (χ0n) is 18.7. The van der Waals surface area contributed by atoms with Crippen molar-refractivity contribution in [3.63, 3.8) is 0 Å². The summed E-state index contributed by atoms with van der Waals surface area (Å²) in [5, 5.41) is 3.38. The summed E-state index contributed by atoms with van der Waals surface area (Å²) in [6.45, 7) is 1.86. The molecule has 0 fully saturated rings. The van der Waals surface area contributed by atoms with Gasteiger partial charge in [0.2, 0.25) is 0 Å². The van der Waals surface area contributed by atoms with E-state index >= 15 is 0 Å². The number of hydrogen-bond acceptors (Lipinski definition) is 5. The molecular weight excluding hydrogens is 464 g/mol. The molecule has 9 heteroatoms. The summed E-state index contributed by atoms with van der Waals surface area (Å²) in [4.78, 5) is 12.9. The number of halogens is 1. The fourth-order valence-electron chi connectivity index (χ4n) is 3.21. The number of carbonyl (C=O) groups excluding carboxylic acids is 1. The molecule has 174 valence electrons. The van der Waals surface area contributed by atoms with E-state index in [1.165, 1.54) is 31.3 Å². The van der Waals surface area contributed by atoms with Gasteiger partial charge in [0.25, 0.3) is 15.9 Å². The maximum atomic E-state index is 12.8. The number of methoxy groups -OCH3 is 2. The van der Waals surface area contributed by atoms with Crippen molar-refractivity contribution < 1.29 is 22.7 Å². The number of hydrogen-bond donors (Lipinski definition) is 1. The first kappa shape index (κ1) is 24.4. The van der Waals surface area contributed by atoms with Crippen molar-refractivity contribution in [3.8, 4) is 11.5 Å². The van der Waals surface area contributed by atoms with E-state index in [0.29, 0.717) is 27.8 Å². The molecular formula is C24H25ClN2O5S. The predicted octanol–water partition coefficient (Wildman–Crippen LogP) is 4.67. The van der Waals surface area contributed by atoms with Gasteiger partial charge < -0.3 is 14.8 Å². The van der Waals surface area contributed by atoms with Crippen molar-refractivity contribution in [1.29, 1.82) is 0 Å². The van der Waals surface area contributed by atoms with Crippen molar-refractivity contribution in [3.05, 3.63) is 82.9 Å². The van der Waals surface area contributed by atoms with Gasteiger partial charge in [0.15, 0.2) is 11.5 Å². The summed E-state index contributed by atoms with van der Waals surface area (Å²) in [5.74, 6) is 0.894. The molecule has 0 spiro atoms. The summed E-state index contributed by atoms with van der Waals surface area (Å²) in [5.41, 5.74) is 1.68. The molecule has 1 unspecified atom stereocenters. The van der Waals surface area contributed by atoms with Gasteiger partial charge in [0.1, 0.15) is 0 Å². The van der Waals surface area contributed by atoms with Crippen LogP contribution < -0.4 is 19.1 Å². The largest absolute Gasteiger partial charge is 0.493 e. The highest BCUT2D eigenvalue weighted by Gasteiger charge is 2.22. The number of carbonyl (C=O) groups is 1. The molecule has 0 aromatic heterocycles. The van der Waals surface area contributed by atoms with Crippen LogP contribution in [-0.4, -0.2) is 35.6 Å². The van der Waals surface area contributed by atoms with E-state index in [1.54, 1.807) is 44.6 Å². The van der Waals surface area contributed by atoms with Gasteiger partial charge in [-0.3, -0.25) is 9.10 Å². The fourth-order valence-corrected chi connectivity index (χ4v) is 4.53. The second-order valence-corrected chi connectivity index (χ2v) is 9.69. The lowest BCUT2D eigenvalue weighted by atomic mass is 10.1. The van der Waals surface area contributed by atoms with Crippen LogP contribution in [0, 0.1) is 0 Å². The number of nitrogens with zero attached hydrogens (tertiary/aromatic N) is 1. The third-order valence-electron chi connectivity index (χ3n) is 5.22. The first-order valence-electron chi connectivity index (χ1n) is 10.0. The number of amides is 1. The van der Waals surface area contributed by atoms with Gasteiger partial charge >= 0.3 is 0 Å². The predicted molar refractivity (Wildman–Crippen MR) is 129 cm³/mol. The Kier molecular flexibility index (Phi) is 7.50. The van der Waals surface area contributed by atoms with Crippen LogP contribution in [0.2, 0.25) is 5.02 Å². The topological polar surface area (TPSA) is 84.9 Å². The zero-order chi connectivity index (χ0) is 24.2. The van der Waals surface area contributed by atoms with Crippen LogP contribution in [-0.2, 0) is 10.0 Å². The average Bonchev–Trinajstić information content (AvgIpc) is 2.83. The van der Waals surface area contributed by atoms with Gasteiger partial charge in [-0.25, -0.2) is 8.42 Å². The van der Waals surface area contributed by atoms with Crippen LogP contribution in [0.4, 0.5) is 5.69 Å². The maximum Gasteiger partial charge on any atom is 0.264 e. The molecule has 1 N–H and O–H groups in total. The minimum atomic E-state index is -3.76. The Morgan fingerprint density at radius 3 is 2.12 bits per heavy atom. The van der Waals surface area contributed by atoms with Crippen molar-refractivity contribution in [2.75, 3.05) is 25.6 Å². The van der Waals surface area contributed by atoms with Gasteiger partial charge in [-0.05, 0) is 73.2 Å². The lowest BCUT2D eigenvalue weighted by molar-refractivity contribution is 0.0940. The Morgan fingerprint density at radius 2 is 1.55 bits per heavy atom. The number of anilines is 1. The molecule has 1 atom stereocenters. The first-order valence-corrected chi connectivity index (χ1v) is 11.9. The molecule has 0 heterocycles. The first-order chi connectivity index (χ1) is 15.7. The zero-order valence-corrected chi connectivity index (χ0v) is 20.3. The summed E-state index contributed by atoms with van der Waals surface area (Å²) in [6.07, 6.45) is 0. The third kappa shape index (κ3) is 5.40. The molecule has 3 aromatic carbocycles. The average molecular weight is 489 g/mol. The molecule has 0 radical (unpaired) electrons. The van der Waals surface area contributed by atoms with Crippen LogP contribution >= 0.6 is 11.6 Å². The molecule has 0 aliphatic rings. The monoisotopic (exact) mass is 488 g/mol. The van der Waals surface area contributed by atoms with Crippen LogP contribution in [0.1, 0.15) is 28.9 Å². The van der Waals surface area contributed by atoms with Crippen molar-refractivity contribution in [2.24, 2.45) is 0 Å². The SMILES string of the molecule is COc1ccc(C(C)NC(=O)c2ccc(N(C)S(=O)(=O)c3ccc(Cl)cc3)cc2)cc1OC. The van der Waals surface area contributed by atoms with Gasteiger partial charge in [-0.2, -0.15) is 0 Å². The van der Waals surface area contributed by atoms with E-state index in [2.05, 4.69) is 5.32 Å². The summed E-state index contributed by atoms with van der Waals surface area (Å²) in [6, 6.07) is 17.4. The number of nitrogens with one attached hydrogen (secondary N) is 1. The molecule has 0 aliphatic carbocycles. The van der Waals surface area contributed by atoms with E-state index in [1.807, 2.05) is 19.1 Å². The molecule has 0 bridgehead atoms. The molecule has 0 saturated carbocycles. The Morgan fingerprint density at radius 1 is 0.939 bits per heavy atom. The number of sulfonamides is 1. The van der Waals surface area contributed by atoms with Gasteiger partial charge in [-0.1, -0.05) is 17.7 Å². The standard InChI is InChI=1S/C24H25ClN2O5S/c1-16(18-7-14-22(31-3)23(15-18)32-4)26-24(28)17-5-10-20(11-6-17)27(2)33(29,30)21-12-8-19(25)9-13-21/h5-16H,1-4H3,(H,26,28). The Balaban J connectivity index is 1.73. The minimum Gasteiger partial charge on any atom is -0.493 e. The van der Waals surface area contributed by atoms with Gasteiger partial charge in [-0.15, -0.1) is 0 Å². The Labute approximate surface area is 198 Å². The van der Waals surface area contributed by atoms with Crippen LogP contribution in [0.15, 0.2) is 71.6 Å². The van der Waals surface area contributed by atoms with E-state index in [0.717, 1.165) is 9.87 Å². The molecule has 3 rings (SSSR count). The Bertz CT molecular complexity index is 1230. The molecule has 33 heavy (non-hydrogen) atoms. The highest BCUT2D eigenvalue weighted by Crippen LogP contribution is 2.30. The highest BCUT2D eigenvalue weighted by atomic mass is 35.5. The molecule has 0 aliphatic heterocycles. The fraction of sp³-hybridized carbons (Fsp3) is 0.208. The van der Waals surface area contributed by atoms with E-state index in [4.69, 9.17) is 21.1 Å². The Hall–Kier alpha value is -3.23. The van der Waals surface area contributed by atoms with Crippen molar-refractivity contribution in [1.82, 2.24) is 5.32 Å². The van der Waals surface area contributed by atoms with E-state index in [-0.39, 0.29) is 16.8 Å². The van der Waals surface area contributed by atoms with Gasteiger partial charge in [0.05, 0.1) is 30.8 Å². The quantitative estimate of drug-likeness (QED) is 0.498. The molecule has 7 nitrogen and oxygen atoms in total. The summed E-state index contributed by atoms with van der Waals surface area (Å²) >= 11 is 5.85. The van der Waals surface area contributed by atoms with Crippen LogP contribution in [0.3, 0.4) is 0 Å². The highest BCUT2D eigenvalue weighted by molar-refractivity contribution is 7.92. The number of ether oxygens (including phenoxy) is 2.